The topological polar surface area (TPSA) is 148 Å². The molecule has 0 fully saturated rings. The largest absolute Gasteiger partial charge is 0.505 e. The maximum Gasteiger partial charge on any atom is 0.319 e. The molecule has 0 radical (unpaired) electrons. The molecule has 11 nitrogen and oxygen atoms in total. The number of aliphatic carboxylic acids is 1. The molecule has 3 rings (SSSR count). The van der Waals surface area contributed by atoms with Gasteiger partial charge in [0.2, 0.25) is 5.75 Å². The molecular weight excluding hydrogens is 506 g/mol. The van der Waals surface area contributed by atoms with E-state index in [-0.39, 0.29) is 23.7 Å². The lowest BCUT2D eigenvalue weighted by Gasteiger charge is -2.21. The summed E-state index contributed by atoms with van der Waals surface area (Å²) in [6.45, 7) is 0.0994. The molecule has 37 heavy (non-hydrogen) atoms. The quantitative estimate of drug-likeness (QED) is 0.310. The Hall–Kier alpha value is -4.38. The summed E-state index contributed by atoms with van der Waals surface area (Å²) in [5.74, 6) is -0.836. The average Bonchev–Trinajstić information content (AvgIpc) is 2.87. The van der Waals surface area contributed by atoms with Crippen LogP contribution in [0.2, 0.25) is 5.02 Å². The Bertz CT molecular complexity index is 1330. The van der Waals surface area contributed by atoms with E-state index >= 15 is 0 Å². The molecule has 2 aromatic carbocycles. The van der Waals surface area contributed by atoms with Crippen molar-refractivity contribution in [2.24, 2.45) is 0 Å². The summed E-state index contributed by atoms with van der Waals surface area (Å²) in [6.07, 6.45) is 0.872. The summed E-state index contributed by atoms with van der Waals surface area (Å²) in [6, 6.07) is 9.25. The van der Waals surface area contributed by atoms with Gasteiger partial charge < -0.3 is 39.6 Å². The number of urea groups is 1. The number of carboxylic acids is 1. The van der Waals surface area contributed by atoms with Gasteiger partial charge in [-0.05, 0) is 35.4 Å². The number of amides is 2. The van der Waals surface area contributed by atoms with Crippen LogP contribution < -0.4 is 30.4 Å². The lowest BCUT2D eigenvalue weighted by molar-refractivity contribution is -0.137. The molecule has 0 unspecified atom stereocenters. The number of aromatic hydroxyl groups is 1. The second kappa shape index (κ2) is 12.0. The highest BCUT2D eigenvalue weighted by Crippen LogP contribution is 2.40. The first-order valence-corrected chi connectivity index (χ1v) is 11.3. The number of aromatic nitrogens is 1. The van der Waals surface area contributed by atoms with Crippen LogP contribution in [-0.2, 0) is 11.3 Å². The number of hydrogen-bond donors (Lipinski definition) is 4. The second-order valence-electron chi connectivity index (χ2n) is 7.81. The fourth-order valence-electron chi connectivity index (χ4n) is 3.65. The van der Waals surface area contributed by atoms with Gasteiger partial charge in [0.1, 0.15) is 5.75 Å². The summed E-state index contributed by atoms with van der Waals surface area (Å²) in [5, 5.41) is 25.0. The number of hydrogen-bond acceptors (Lipinski definition) is 7. The molecule has 0 spiro atoms. The maximum absolute atomic E-state index is 13.0. The smallest absolute Gasteiger partial charge is 0.319 e. The third-order valence-electron chi connectivity index (χ3n) is 5.45. The van der Waals surface area contributed by atoms with Gasteiger partial charge in [0.15, 0.2) is 17.2 Å². The minimum absolute atomic E-state index is 0.0994. The van der Waals surface area contributed by atoms with Crippen LogP contribution in [0.4, 0.5) is 10.5 Å². The van der Waals surface area contributed by atoms with Crippen LogP contribution >= 0.6 is 11.6 Å². The fourth-order valence-corrected chi connectivity index (χ4v) is 3.85. The summed E-state index contributed by atoms with van der Waals surface area (Å²) in [7, 11) is 4.23. The van der Waals surface area contributed by atoms with Crippen molar-refractivity contribution in [3.05, 3.63) is 75.2 Å². The van der Waals surface area contributed by atoms with Crippen LogP contribution in [0.3, 0.4) is 0 Å². The molecule has 4 N–H and O–H groups in total. The summed E-state index contributed by atoms with van der Waals surface area (Å²) >= 11 is 6.18. The zero-order valence-electron chi connectivity index (χ0n) is 20.3. The molecule has 2 amide bonds. The van der Waals surface area contributed by atoms with Crippen molar-refractivity contribution in [1.82, 2.24) is 9.88 Å². The van der Waals surface area contributed by atoms with Crippen LogP contribution in [0.25, 0.3) is 0 Å². The standard InChI is InChI=1S/C25H26ClN3O8/c1-35-19-10-15(11-20(36-2)23(19)37-3)17(12-21(31)32)27-25(34)28-22-18(30)8-9-29(24(22)33)13-14-6-4-5-7-16(14)26/h4-11,17,30H,12-13H2,1-3H3,(H,31,32)(H2,27,28,34)/t17-/m0/s1. The molecule has 0 aliphatic heterocycles. The van der Waals surface area contributed by atoms with E-state index in [1.54, 1.807) is 24.3 Å². The molecule has 0 saturated heterocycles. The van der Waals surface area contributed by atoms with E-state index in [1.807, 2.05) is 0 Å². The summed E-state index contributed by atoms with van der Waals surface area (Å²) in [4.78, 5) is 37.4. The second-order valence-corrected chi connectivity index (χ2v) is 8.22. The minimum atomic E-state index is -1.19. The van der Waals surface area contributed by atoms with E-state index in [4.69, 9.17) is 25.8 Å². The minimum Gasteiger partial charge on any atom is -0.505 e. The number of pyridine rings is 1. The number of ether oxygens (including phenoxy) is 3. The van der Waals surface area contributed by atoms with Gasteiger partial charge in [0.05, 0.1) is 40.3 Å². The number of anilines is 1. The Kier molecular flexibility index (Phi) is 8.86. The van der Waals surface area contributed by atoms with Gasteiger partial charge in [-0.2, -0.15) is 0 Å². The Morgan fingerprint density at radius 1 is 1.05 bits per heavy atom. The number of rotatable bonds is 10. The molecule has 0 saturated carbocycles. The number of halogens is 1. The van der Waals surface area contributed by atoms with Crippen LogP contribution in [-0.4, -0.2) is 48.1 Å². The van der Waals surface area contributed by atoms with Gasteiger partial charge in [-0.15, -0.1) is 0 Å². The number of carboxylic acid groups (broad SMARTS) is 1. The van der Waals surface area contributed by atoms with Gasteiger partial charge >= 0.3 is 12.0 Å². The zero-order chi connectivity index (χ0) is 27.1. The Morgan fingerprint density at radius 3 is 2.27 bits per heavy atom. The molecule has 1 atom stereocenters. The number of nitrogens with one attached hydrogen (secondary N) is 2. The first-order valence-electron chi connectivity index (χ1n) is 10.9. The highest BCUT2D eigenvalue weighted by molar-refractivity contribution is 6.31. The van der Waals surface area contributed by atoms with E-state index in [0.29, 0.717) is 21.9 Å². The van der Waals surface area contributed by atoms with Gasteiger partial charge in [-0.25, -0.2) is 4.79 Å². The maximum atomic E-state index is 13.0. The molecule has 1 aromatic heterocycles. The van der Waals surface area contributed by atoms with Crippen LogP contribution in [0.1, 0.15) is 23.6 Å². The van der Waals surface area contributed by atoms with Crippen LogP contribution in [0.5, 0.6) is 23.0 Å². The van der Waals surface area contributed by atoms with Crippen molar-refractivity contribution in [2.45, 2.75) is 19.0 Å². The molecule has 196 valence electrons. The molecular formula is C25H26ClN3O8. The molecule has 3 aromatic rings. The Labute approximate surface area is 217 Å². The third kappa shape index (κ3) is 6.44. The van der Waals surface area contributed by atoms with Gasteiger partial charge in [-0.3, -0.25) is 9.59 Å². The first-order chi connectivity index (χ1) is 17.7. The first kappa shape index (κ1) is 27.2. The predicted octanol–water partition coefficient (Wildman–Crippen LogP) is 3.62. The van der Waals surface area contributed by atoms with Gasteiger partial charge in [-0.1, -0.05) is 29.8 Å². The van der Waals surface area contributed by atoms with Crippen LogP contribution in [0, 0.1) is 0 Å². The highest BCUT2D eigenvalue weighted by atomic mass is 35.5. The van der Waals surface area contributed by atoms with Crippen molar-refractivity contribution in [3.63, 3.8) is 0 Å². The van der Waals surface area contributed by atoms with Gasteiger partial charge in [0.25, 0.3) is 5.56 Å². The molecule has 0 aliphatic rings. The van der Waals surface area contributed by atoms with E-state index in [2.05, 4.69) is 10.6 Å². The van der Waals surface area contributed by atoms with Crippen molar-refractivity contribution < 1.29 is 34.0 Å². The molecule has 0 aliphatic carbocycles. The number of carbonyl (C=O) groups is 2. The number of benzene rings is 2. The number of nitrogens with zero attached hydrogens (tertiary/aromatic N) is 1. The predicted molar refractivity (Wildman–Crippen MR) is 136 cm³/mol. The van der Waals surface area contributed by atoms with Gasteiger partial charge in [0, 0.05) is 11.2 Å². The van der Waals surface area contributed by atoms with E-state index in [9.17, 15) is 24.6 Å². The van der Waals surface area contributed by atoms with Crippen molar-refractivity contribution in [3.8, 4) is 23.0 Å². The lowest BCUT2D eigenvalue weighted by Crippen LogP contribution is -2.36. The molecule has 0 bridgehead atoms. The summed E-state index contributed by atoms with van der Waals surface area (Å²) in [5.41, 5.74) is -0.0552. The highest BCUT2D eigenvalue weighted by Gasteiger charge is 2.24. The van der Waals surface area contributed by atoms with Crippen molar-refractivity contribution >= 4 is 29.3 Å². The normalized spacial score (nSPS) is 11.4. The number of methoxy groups -OCH3 is 3. The van der Waals surface area contributed by atoms with Crippen molar-refractivity contribution in [2.75, 3.05) is 26.6 Å². The Morgan fingerprint density at radius 2 is 1.70 bits per heavy atom. The van der Waals surface area contributed by atoms with Crippen LogP contribution in [0.15, 0.2) is 53.5 Å². The third-order valence-corrected chi connectivity index (χ3v) is 5.82. The SMILES string of the molecule is COc1cc([C@H](CC(=O)O)NC(=O)Nc2c(O)ccn(Cc3ccccc3Cl)c2=O)cc(OC)c1OC. The number of carbonyl (C=O) groups excluding carboxylic acids is 1. The average molecular weight is 532 g/mol. The molecule has 12 heteroatoms. The fraction of sp³-hybridized carbons (Fsp3) is 0.240. The lowest BCUT2D eigenvalue weighted by atomic mass is 10.0. The molecule has 1 heterocycles. The van der Waals surface area contributed by atoms with Crippen molar-refractivity contribution in [1.29, 1.82) is 0 Å². The summed E-state index contributed by atoms with van der Waals surface area (Å²) < 4.78 is 17.2. The van der Waals surface area contributed by atoms with E-state index in [0.717, 1.165) is 0 Å². The zero-order valence-corrected chi connectivity index (χ0v) is 21.0. The monoisotopic (exact) mass is 531 g/mol. The Balaban J connectivity index is 1.89. The van der Waals surface area contributed by atoms with E-state index in [1.165, 1.54) is 50.3 Å². The van der Waals surface area contributed by atoms with E-state index < -0.39 is 35.8 Å².